The number of unbranched alkanes of at least 4 members (excludes halogenated alkanes) is 2. The van der Waals surface area contributed by atoms with Crippen molar-refractivity contribution in [3.8, 4) is 0 Å². The zero-order valence-corrected chi connectivity index (χ0v) is 11.5. The van der Waals surface area contributed by atoms with Gasteiger partial charge in [-0.1, -0.05) is 0 Å². The minimum atomic E-state index is -5.13. The number of carbonyl (C=O) groups excluding carboxylic acids is 2. The summed E-state index contributed by atoms with van der Waals surface area (Å²) >= 11 is 0. The Morgan fingerprint density at radius 1 is 0.739 bits per heavy atom. The zero-order valence-electron chi connectivity index (χ0n) is 11.5. The van der Waals surface area contributed by atoms with Gasteiger partial charge in [-0.15, -0.1) is 0 Å². The third-order valence-electron chi connectivity index (χ3n) is 2.34. The highest BCUT2D eigenvalue weighted by Crippen LogP contribution is 2.21. The number of hydrogen-bond acceptors (Lipinski definition) is 6. The van der Waals surface area contributed by atoms with Gasteiger partial charge in [-0.2, -0.15) is 26.3 Å². The van der Waals surface area contributed by atoms with Gasteiger partial charge >= 0.3 is 24.3 Å². The summed E-state index contributed by atoms with van der Waals surface area (Å²) < 4.78 is 79.7. The first-order valence-electron chi connectivity index (χ1n) is 6.20. The lowest BCUT2D eigenvalue weighted by molar-refractivity contribution is -0.218. The van der Waals surface area contributed by atoms with Crippen LogP contribution < -0.4 is 0 Å². The first kappa shape index (κ1) is 21.4. The monoisotopic (exact) mass is 356 g/mol. The summed E-state index contributed by atoms with van der Waals surface area (Å²) in [6.45, 7) is -0.907. The predicted octanol–water partition coefficient (Wildman–Crippen LogP) is 1.09. The Bertz CT molecular complexity index is 357. The molecule has 23 heavy (non-hydrogen) atoms. The second-order valence-electron chi connectivity index (χ2n) is 4.28. The number of carbonyl (C=O) groups is 2. The molecule has 0 bridgehead atoms. The molecule has 0 fully saturated rings. The normalized spacial score (nSPS) is 15.0. The molecule has 6 nitrogen and oxygen atoms in total. The van der Waals surface area contributed by atoms with E-state index in [9.17, 15) is 35.9 Å². The van der Waals surface area contributed by atoms with Gasteiger partial charge in [0.1, 0.15) is 0 Å². The number of esters is 2. The Balaban J connectivity index is 3.76. The van der Waals surface area contributed by atoms with Crippen LogP contribution in [0.5, 0.6) is 0 Å². The fraction of sp³-hybridized carbons (Fsp3) is 0.818. The molecule has 0 aromatic rings. The van der Waals surface area contributed by atoms with Gasteiger partial charge in [-0.3, -0.25) is 0 Å². The molecule has 0 aliphatic heterocycles. The zero-order chi connectivity index (χ0) is 18.3. The Hall–Kier alpha value is -1.56. The molecule has 0 saturated heterocycles. The van der Waals surface area contributed by atoms with E-state index < -0.39 is 49.7 Å². The van der Waals surface area contributed by atoms with Crippen molar-refractivity contribution in [2.45, 2.75) is 43.8 Å². The van der Waals surface area contributed by atoms with Crippen LogP contribution in [-0.4, -0.2) is 59.9 Å². The van der Waals surface area contributed by atoms with Gasteiger partial charge in [0.15, 0.2) is 0 Å². The number of alkyl halides is 6. The van der Waals surface area contributed by atoms with Crippen LogP contribution in [0.25, 0.3) is 0 Å². The fourth-order valence-corrected chi connectivity index (χ4v) is 1.15. The van der Waals surface area contributed by atoms with Crippen LogP contribution in [0, 0.1) is 0 Å². The Kier molecular flexibility index (Phi) is 8.31. The van der Waals surface area contributed by atoms with Crippen molar-refractivity contribution in [3.63, 3.8) is 0 Å². The van der Waals surface area contributed by atoms with Gasteiger partial charge < -0.3 is 19.7 Å². The maximum absolute atomic E-state index is 11.9. The maximum atomic E-state index is 11.9. The van der Waals surface area contributed by atoms with Crippen LogP contribution in [0.2, 0.25) is 0 Å². The second-order valence-corrected chi connectivity index (χ2v) is 4.28. The summed E-state index contributed by atoms with van der Waals surface area (Å²) in [5.74, 6) is -3.73. The van der Waals surface area contributed by atoms with Gasteiger partial charge in [0.05, 0.1) is 13.2 Å². The average Bonchev–Trinajstić information content (AvgIpc) is 2.41. The molecule has 0 rings (SSSR count). The average molecular weight is 356 g/mol. The van der Waals surface area contributed by atoms with Crippen molar-refractivity contribution in [1.82, 2.24) is 0 Å². The molecule has 0 amide bonds. The standard InChI is InChI=1S/C11H14F6O6/c12-10(13,14)6(18)8(20)22-4-2-1-3-5-23-9(21)7(19)11(15,16)17/h6-7,18-19H,1-5H2/t6-,7+. The number of aliphatic hydroxyl groups excluding tert-OH is 2. The topological polar surface area (TPSA) is 93.1 Å². The van der Waals surface area contributed by atoms with Crippen LogP contribution in [0.3, 0.4) is 0 Å². The van der Waals surface area contributed by atoms with Crippen LogP contribution in [-0.2, 0) is 19.1 Å². The quantitative estimate of drug-likeness (QED) is 0.384. The van der Waals surface area contributed by atoms with E-state index in [1.165, 1.54) is 0 Å². The van der Waals surface area contributed by atoms with Crippen molar-refractivity contribution < 1.29 is 55.6 Å². The van der Waals surface area contributed by atoms with Gasteiger partial charge in [-0.25, -0.2) is 9.59 Å². The molecule has 0 unspecified atom stereocenters. The molecule has 0 aromatic carbocycles. The van der Waals surface area contributed by atoms with E-state index in [0.717, 1.165) is 0 Å². The van der Waals surface area contributed by atoms with Crippen LogP contribution >= 0.6 is 0 Å². The molecular formula is C11H14F6O6. The number of rotatable bonds is 8. The largest absolute Gasteiger partial charge is 0.464 e. The Labute approximate surface area is 126 Å². The highest BCUT2D eigenvalue weighted by molar-refractivity contribution is 5.75. The molecule has 0 saturated carbocycles. The van der Waals surface area contributed by atoms with Gasteiger partial charge in [0.25, 0.3) is 0 Å². The third-order valence-corrected chi connectivity index (χ3v) is 2.34. The van der Waals surface area contributed by atoms with E-state index in [1.54, 1.807) is 0 Å². The Morgan fingerprint density at radius 2 is 1.04 bits per heavy atom. The summed E-state index contributed by atoms with van der Waals surface area (Å²) in [7, 11) is 0. The van der Waals surface area contributed by atoms with E-state index in [1.807, 2.05) is 0 Å². The second kappa shape index (κ2) is 8.91. The van der Waals surface area contributed by atoms with Crippen LogP contribution in [0.1, 0.15) is 19.3 Å². The molecule has 0 spiro atoms. The van der Waals surface area contributed by atoms with Gasteiger partial charge in [0.2, 0.25) is 12.2 Å². The lowest BCUT2D eigenvalue weighted by Gasteiger charge is -2.14. The fourth-order valence-electron chi connectivity index (χ4n) is 1.15. The van der Waals surface area contributed by atoms with E-state index >= 15 is 0 Å². The summed E-state index contributed by atoms with van der Waals surface area (Å²) in [6.07, 6.45) is -16.5. The molecular weight excluding hydrogens is 342 g/mol. The molecule has 0 aromatic heterocycles. The SMILES string of the molecule is O=C(OCCCCCOC(=O)[C@H](O)C(F)(F)F)[C@@H](O)C(F)(F)F. The molecule has 0 heterocycles. The highest BCUT2D eigenvalue weighted by atomic mass is 19.4. The summed E-state index contributed by atoms with van der Waals surface area (Å²) in [5.41, 5.74) is 0. The molecule has 2 N–H and O–H groups in total. The van der Waals surface area contributed by atoms with E-state index in [0.29, 0.717) is 0 Å². The van der Waals surface area contributed by atoms with E-state index in [2.05, 4.69) is 9.47 Å². The summed E-state index contributed by atoms with van der Waals surface area (Å²) in [4.78, 5) is 21.5. The lowest BCUT2D eigenvalue weighted by Crippen LogP contribution is -2.38. The van der Waals surface area contributed by atoms with Crippen molar-refractivity contribution in [1.29, 1.82) is 0 Å². The first-order chi connectivity index (χ1) is 10.4. The van der Waals surface area contributed by atoms with Crippen LogP contribution in [0.15, 0.2) is 0 Å². The first-order valence-corrected chi connectivity index (χ1v) is 6.20. The molecule has 0 aliphatic rings. The van der Waals surface area contributed by atoms with Crippen molar-refractivity contribution in [3.05, 3.63) is 0 Å². The molecule has 0 radical (unpaired) electrons. The molecule has 2 atom stereocenters. The summed E-state index contributed by atoms with van der Waals surface area (Å²) in [5, 5.41) is 17.0. The number of aliphatic hydroxyl groups is 2. The highest BCUT2D eigenvalue weighted by Gasteiger charge is 2.45. The molecule has 136 valence electrons. The predicted molar refractivity (Wildman–Crippen MR) is 59.9 cm³/mol. The lowest BCUT2D eigenvalue weighted by atomic mass is 10.2. The smallest absolute Gasteiger partial charge is 0.425 e. The van der Waals surface area contributed by atoms with Crippen molar-refractivity contribution >= 4 is 11.9 Å². The minimum absolute atomic E-state index is 0.0374. The number of hydrogen-bond donors (Lipinski definition) is 2. The van der Waals surface area contributed by atoms with Crippen molar-refractivity contribution in [2.75, 3.05) is 13.2 Å². The number of halogens is 6. The summed E-state index contributed by atoms with van der Waals surface area (Å²) in [6, 6.07) is 0. The molecule has 0 aliphatic carbocycles. The van der Waals surface area contributed by atoms with Gasteiger partial charge in [0, 0.05) is 0 Å². The Morgan fingerprint density at radius 3 is 1.30 bits per heavy atom. The third kappa shape index (κ3) is 8.59. The van der Waals surface area contributed by atoms with E-state index in [4.69, 9.17) is 10.2 Å². The van der Waals surface area contributed by atoms with Crippen molar-refractivity contribution in [2.24, 2.45) is 0 Å². The van der Waals surface area contributed by atoms with Gasteiger partial charge in [-0.05, 0) is 19.3 Å². The maximum Gasteiger partial charge on any atom is 0.425 e. The number of ether oxygens (including phenoxy) is 2. The minimum Gasteiger partial charge on any atom is -0.464 e. The molecule has 12 heteroatoms. The van der Waals surface area contributed by atoms with E-state index in [-0.39, 0.29) is 19.3 Å². The van der Waals surface area contributed by atoms with Crippen LogP contribution in [0.4, 0.5) is 26.3 Å².